The van der Waals surface area contributed by atoms with Crippen LogP contribution in [-0.2, 0) is 4.79 Å². The largest absolute Gasteiger partial charge is 0.481 e. The van der Waals surface area contributed by atoms with Crippen molar-refractivity contribution in [2.24, 2.45) is 0 Å². The van der Waals surface area contributed by atoms with E-state index in [0.29, 0.717) is 19.3 Å². The zero-order valence-corrected chi connectivity index (χ0v) is 9.49. The van der Waals surface area contributed by atoms with E-state index in [1.54, 1.807) is 12.1 Å². The van der Waals surface area contributed by atoms with Gasteiger partial charge in [0.15, 0.2) is 5.78 Å². The number of ketones is 1. The number of hydrogen-bond donors (Lipinski definition) is 1. The van der Waals surface area contributed by atoms with Gasteiger partial charge >= 0.3 is 5.97 Å². The van der Waals surface area contributed by atoms with Crippen molar-refractivity contribution < 1.29 is 19.1 Å². The Balaban J connectivity index is 2.31. The fourth-order valence-electron chi connectivity index (χ4n) is 1.56. The first-order valence-electron chi connectivity index (χ1n) is 5.61. The molecule has 3 nitrogen and oxygen atoms in total. The summed E-state index contributed by atoms with van der Waals surface area (Å²) >= 11 is 0. The molecule has 0 radical (unpaired) electrons. The van der Waals surface area contributed by atoms with Crippen LogP contribution in [0.5, 0.6) is 0 Å². The van der Waals surface area contributed by atoms with Gasteiger partial charge in [-0.1, -0.05) is 18.6 Å². The highest BCUT2D eigenvalue weighted by Crippen LogP contribution is 2.12. The number of aliphatic carboxylic acids is 1. The van der Waals surface area contributed by atoms with Crippen LogP contribution >= 0.6 is 0 Å². The Morgan fingerprint density at radius 2 is 1.71 bits per heavy atom. The number of benzene rings is 1. The van der Waals surface area contributed by atoms with E-state index in [1.807, 2.05) is 0 Å². The third-order valence-corrected chi connectivity index (χ3v) is 2.47. The fraction of sp³-hybridized carbons (Fsp3) is 0.385. The van der Waals surface area contributed by atoms with Gasteiger partial charge in [0.1, 0.15) is 5.82 Å². The number of carboxylic acids is 1. The van der Waals surface area contributed by atoms with Crippen molar-refractivity contribution in [3.8, 4) is 0 Å². The van der Waals surface area contributed by atoms with E-state index >= 15 is 0 Å². The summed E-state index contributed by atoms with van der Waals surface area (Å²) in [6, 6.07) is 5.90. The molecule has 4 heteroatoms. The zero-order chi connectivity index (χ0) is 12.7. The molecule has 92 valence electrons. The minimum atomic E-state index is -0.828. The molecule has 0 aromatic heterocycles. The van der Waals surface area contributed by atoms with E-state index in [-0.39, 0.29) is 24.2 Å². The average molecular weight is 238 g/mol. The third kappa shape index (κ3) is 4.76. The Morgan fingerprint density at radius 3 is 2.35 bits per heavy atom. The molecule has 0 saturated heterocycles. The summed E-state index contributed by atoms with van der Waals surface area (Å²) in [5.41, 5.74) is 0.116. The molecule has 0 aliphatic carbocycles. The number of rotatable bonds is 7. The van der Waals surface area contributed by atoms with Gasteiger partial charge in [0.25, 0.3) is 0 Å². The molecule has 1 aromatic rings. The molecule has 17 heavy (non-hydrogen) atoms. The van der Waals surface area contributed by atoms with E-state index in [2.05, 4.69) is 0 Å². The van der Waals surface area contributed by atoms with Gasteiger partial charge in [0, 0.05) is 12.8 Å². The Labute approximate surface area is 99.3 Å². The first-order chi connectivity index (χ1) is 8.11. The molecular weight excluding hydrogens is 223 g/mol. The topological polar surface area (TPSA) is 54.4 Å². The maximum absolute atomic E-state index is 13.2. The summed E-state index contributed by atoms with van der Waals surface area (Å²) in [4.78, 5) is 21.9. The van der Waals surface area contributed by atoms with Gasteiger partial charge in [-0.15, -0.1) is 0 Å². The summed E-state index contributed by atoms with van der Waals surface area (Å²) in [6.45, 7) is 0. The summed E-state index contributed by atoms with van der Waals surface area (Å²) in [5, 5.41) is 8.42. The number of halogens is 1. The monoisotopic (exact) mass is 238 g/mol. The highest BCUT2D eigenvalue weighted by atomic mass is 19.1. The standard InChI is InChI=1S/C13H15FO3/c14-11-7-5-4-6-10(11)12(15)8-2-1-3-9-13(16)17/h4-7H,1-3,8-9H2,(H,16,17). The van der Waals surface area contributed by atoms with Crippen LogP contribution in [0, 0.1) is 5.82 Å². The normalized spacial score (nSPS) is 10.2. The second-order valence-corrected chi connectivity index (χ2v) is 3.86. The molecule has 0 aliphatic heterocycles. The molecule has 1 rings (SSSR count). The third-order valence-electron chi connectivity index (χ3n) is 2.47. The molecule has 0 aliphatic rings. The van der Waals surface area contributed by atoms with Gasteiger partial charge in [0.2, 0.25) is 0 Å². The Bertz CT molecular complexity index is 401. The van der Waals surface area contributed by atoms with Crippen LogP contribution in [0.3, 0.4) is 0 Å². The van der Waals surface area contributed by atoms with Gasteiger partial charge in [0.05, 0.1) is 5.56 Å². The molecule has 1 N–H and O–H groups in total. The SMILES string of the molecule is O=C(O)CCCCCC(=O)c1ccccc1F. The first-order valence-corrected chi connectivity index (χ1v) is 5.61. The number of carbonyl (C=O) groups excluding carboxylic acids is 1. The Morgan fingerprint density at radius 1 is 1.06 bits per heavy atom. The molecule has 0 saturated carbocycles. The molecular formula is C13H15FO3. The average Bonchev–Trinajstić information content (AvgIpc) is 2.28. The maximum Gasteiger partial charge on any atom is 0.303 e. The molecule has 1 aromatic carbocycles. The quantitative estimate of drug-likeness (QED) is 0.586. The van der Waals surface area contributed by atoms with Crippen LogP contribution in [-0.4, -0.2) is 16.9 Å². The van der Waals surface area contributed by atoms with Gasteiger partial charge in [-0.25, -0.2) is 4.39 Å². The summed E-state index contributed by atoms with van der Waals surface area (Å²) in [7, 11) is 0. The van der Waals surface area contributed by atoms with Gasteiger partial charge in [-0.2, -0.15) is 0 Å². The second-order valence-electron chi connectivity index (χ2n) is 3.86. The predicted molar refractivity (Wildman–Crippen MR) is 61.5 cm³/mol. The first kappa shape index (κ1) is 13.4. The van der Waals surface area contributed by atoms with Gasteiger partial charge in [-0.05, 0) is 25.0 Å². The summed E-state index contributed by atoms with van der Waals surface area (Å²) in [5.74, 6) is -1.55. The van der Waals surface area contributed by atoms with Crippen LogP contribution in [0.2, 0.25) is 0 Å². The van der Waals surface area contributed by atoms with Crippen LogP contribution in [0.1, 0.15) is 42.5 Å². The number of carbonyl (C=O) groups is 2. The maximum atomic E-state index is 13.2. The zero-order valence-electron chi connectivity index (χ0n) is 9.49. The molecule has 0 amide bonds. The highest BCUT2D eigenvalue weighted by Gasteiger charge is 2.10. The predicted octanol–water partition coefficient (Wildman–Crippen LogP) is 3.04. The van der Waals surface area contributed by atoms with Gasteiger partial charge < -0.3 is 5.11 Å². The molecule has 0 spiro atoms. The molecule has 0 atom stereocenters. The lowest BCUT2D eigenvalue weighted by atomic mass is 10.0. The van der Waals surface area contributed by atoms with Crippen molar-refractivity contribution in [1.82, 2.24) is 0 Å². The molecule has 0 fully saturated rings. The minimum absolute atomic E-state index is 0.116. The molecule has 0 heterocycles. The lowest BCUT2D eigenvalue weighted by molar-refractivity contribution is -0.137. The van der Waals surface area contributed by atoms with Crippen LogP contribution in [0.4, 0.5) is 4.39 Å². The minimum Gasteiger partial charge on any atom is -0.481 e. The highest BCUT2D eigenvalue weighted by molar-refractivity contribution is 5.96. The van der Waals surface area contributed by atoms with Crippen molar-refractivity contribution in [3.63, 3.8) is 0 Å². The summed E-state index contributed by atoms with van der Waals surface area (Å²) in [6.07, 6.45) is 2.21. The van der Waals surface area contributed by atoms with Crippen molar-refractivity contribution in [1.29, 1.82) is 0 Å². The smallest absolute Gasteiger partial charge is 0.303 e. The van der Waals surface area contributed by atoms with E-state index in [9.17, 15) is 14.0 Å². The van der Waals surface area contributed by atoms with Crippen molar-refractivity contribution in [3.05, 3.63) is 35.6 Å². The van der Waals surface area contributed by atoms with Crippen molar-refractivity contribution >= 4 is 11.8 Å². The lowest BCUT2D eigenvalue weighted by Crippen LogP contribution is -2.02. The van der Waals surface area contributed by atoms with E-state index < -0.39 is 11.8 Å². The van der Waals surface area contributed by atoms with Crippen molar-refractivity contribution in [2.75, 3.05) is 0 Å². The molecule has 0 bridgehead atoms. The van der Waals surface area contributed by atoms with Crippen molar-refractivity contribution in [2.45, 2.75) is 32.1 Å². The Kier molecular flexibility index (Phi) is 5.33. The van der Waals surface area contributed by atoms with Gasteiger partial charge in [-0.3, -0.25) is 9.59 Å². The van der Waals surface area contributed by atoms with Crippen LogP contribution < -0.4 is 0 Å². The number of carboxylic acid groups (broad SMARTS) is 1. The fourth-order valence-corrected chi connectivity index (χ4v) is 1.56. The molecule has 0 unspecified atom stereocenters. The van der Waals surface area contributed by atoms with E-state index in [1.165, 1.54) is 12.1 Å². The van der Waals surface area contributed by atoms with E-state index in [4.69, 9.17) is 5.11 Å². The number of Topliss-reactive ketones (excluding diaryl/α,β-unsaturated/α-hetero) is 1. The summed E-state index contributed by atoms with van der Waals surface area (Å²) < 4.78 is 13.2. The number of unbranched alkanes of at least 4 members (excludes halogenated alkanes) is 2. The second kappa shape index (κ2) is 6.78. The number of hydrogen-bond acceptors (Lipinski definition) is 2. The van der Waals surface area contributed by atoms with Crippen LogP contribution in [0.15, 0.2) is 24.3 Å². The Hall–Kier alpha value is -1.71. The lowest BCUT2D eigenvalue weighted by Gasteiger charge is -2.02. The van der Waals surface area contributed by atoms with E-state index in [0.717, 1.165) is 0 Å². The van der Waals surface area contributed by atoms with Crippen LogP contribution in [0.25, 0.3) is 0 Å².